The molecule has 9 heteroatoms. The molecule has 2 rings (SSSR count). The predicted molar refractivity (Wildman–Crippen MR) is 105 cm³/mol. The van der Waals surface area contributed by atoms with Crippen molar-refractivity contribution in [3.8, 4) is 0 Å². The van der Waals surface area contributed by atoms with Crippen molar-refractivity contribution in [3.63, 3.8) is 0 Å². The fraction of sp³-hybridized carbons (Fsp3) is 0.556. The third kappa shape index (κ3) is 5.93. The first-order valence-corrected chi connectivity index (χ1v) is 10.7. The predicted octanol–water partition coefficient (Wildman–Crippen LogP) is 1.29. The van der Waals surface area contributed by atoms with Crippen molar-refractivity contribution in [2.45, 2.75) is 33.7 Å². The largest absolute Gasteiger partial charge is 0.376 e. The maximum Gasteiger partial charge on any atom is 0.321 e. The first-order chi connectivity index (χ1) is 12.7. The molecule has 3 amide bonds. The second-order valence-corrected chi connectivity index (χ2v) is 9.19. The molecule has 0 aromatic heterocycles. The molecule has 150 valence electrons. The molecule has 0 atom stereocenters. The smallest absolute Gasteiger partial charge is 0.321 e. The topological polar surface area (TPSA) is 108 Å². The van der Waals surface area contributed by atoms with Gasteiger partial charge in [0.2, 0.25) is 15.9 Å². The molecule has 1 heterocycles. The molecule has 1 aromatic rings. The van der Waals surface area contributed by atoms with E-state index in [9.17, 15) is 18.0 Å². The molecule has 1 aliphatic heterocycles. The van der Waals surface area contributed by atoms with Crippen LogP contribution in [0.15, 0.2) is 18.2 Å². The molecule has 3 N–H and O–H groups in total. The SMILES string of the molecule is CCS(=O)(=O)N1CCc2c(cccc2NCC(=O)NC(=O)NCC(C)C)C1. The molecule has 0 saturated heterocycles. The molecule has 8 nitrogen and oxygen atoms in total. The fourth-order valence-electron chi connectivity index (χ4n) is 2.86. The second kappa shape index (κ2) is 9.18. The second-order valence-electron chi connectivity index (χ2n) is 6.93. The van der Waals surface area contributed by atoms with Crippen LogP contribution >= 0.6 is 0 Å². The van der Waals surface area contributed by atoms with E-state index in [0.717, 1.165) is 16.8 Å². The molecule has 1 aromatic carbocycles. The quantitative estimate of drug-likeness (QED) is 0.644. The minimum absolute atomic E-state index is 0.0392. The van der Waals surface area contributed by atoms with Gasteiger partial charge in [0.05, 0.1) is 12.3 Å². The summed E-state index contributed by atoms with van der Waals surface area (Å²) in [6.45, 7) is 6.79. The van der Waals surface area contributed by atoms with Crippen LogP contribution in [0, 0.1) is 5.92 Å². The number of anilines is 1. The number of hydrogen-bond acceptors (Lipinski definition) is 5. The highest BCUT2D eigenvalue weighted by Gasteiger charge is 2.26. The monoisotopic (exact) mass is 396 g/mol. The standard InChI is InChI=1S/C18H28N4O4S/c1-4-27(25,26)22-9-8-15-14(12-22)6-5-7-16(15)19-11-17(23)21-18(24)20-10-13(2)3/h5-7,13,19H,4,8-12H2,1-3H3,(H2,20,21,23,24). The van der Waals surface area contributed by atoms with Crippen LogP contribution in [0.5, 0.6) is 0 Å². The van der Waals surface area contributed by atoms with Gasteiger partial charge in [-0.3, -0.25) is 10.1 Å². The molecule has 27 heavy (non-hydrogen) atoms. The highest BCUT2D eigenvalue weighted by atomic mass is 32.2. The van der Waals surface area contributed by atoms with Crippen LogP contribution in [-0.2, 0) is 27.8 Å². The van der Waals surface area contributed by atoms with Crippen molar-refractivity contribution in [2.24, 2.45) is 5.92 Å². The average Bonchev–Trinajstić information content (AvgIpc) is 2.64. The van der Waals surface area contributed by atoms with Crippen LogP contribution < -0.4 is 16.0 Å². The molecule has 1 aliphatic rings. The third-order valence-electron chi connectivity index (χ3n) is 4.35. The van der Waals surface area contributed by atoms with Crippen molar-refractivity contribution >= 4 is 27.6 Å². The number of amides is 3. The van der Waals surface area contributed by atoms with Gasteiger partial charge in [-0.15, -0.1) is 0 Å². The van der Waals surface area contributed by atoms with Crippen LogP contribution in [0.4, 0.5) is 10.5 Å². The van der Waals surface area contributed by atoms with Crippen LogP contribution in [0.3, 0.4) is 0 Å². The lowest BCUT2D eigenvalue weighted by atomic mass is 9.99. The Bertz CT molecular complexity index is 793. The van der Waals surface area contributed by atoms with Crippen molar-refractivity contribution < 1.29 is 18.0 Å². The molecule has 0 spiro atoms. The number of rotatable bonds is 7. The van der Waals surface area contributed by atoms with E-state index >= 15 is 0 Å². The summed E-state index contributed by atoms with van der Waals surface area (Å²) < 4.78 is 25.7. The van der Waals surface area contributed by atoms with E-state index in [2.05, 4.69) is 16.0 Å². The number of benzene rings is 1. The zero-order chi connectivity index (χ0) is 20.0. The van der Waals surface area contributed by atoms with Gasteiger partial charge < -0.3 is 10.6 Å². The molecule has 0 bridgehead atoms. The Morgan fingerprint density at radius 2 is 2.00 bits per heavy atom. The normalized spacial score (nSPS) is 14.5. The molecule has 0 unspecified atom stereocenters. The summed E-state index contributed by atoms with van der Waals surface area (Å²) in [4.78, 5) is 23.6. The summed E-state index contributed by atoms with van der Waals surface area (Å²) in [5.41, 5.74) is 2.73. The van der Waals surface area contributed by atoms with Crippen LogP contribution in [0.25, 0.3) is 0 Å². The molecule has 0 saturated carbocycles. The Morgan fingerprint density at radius 3 is 2.67 bits per heavy atom. The minimum Gasteiger partial charge on any atom is -0.376 e. The van der Waals surface area contributed by atoms with Gasteiger partial charge in [0, 0.05) is 25.3 Å². The number of nitrogens with one attached hydrogen (secondary N) is 3. The third-order valence-corrected chi connectivity index (χ3v) is 6.18. The Kier molecular flexibility index (Phi) is 7.20. The van der Waals surface area contributed by atoms with E-state index in [0.29, 0.717) is 32.0 Å². The maximum absolute atomic E-state index is 12.1. The summed E-state index contributed by atoms with van der Waals surface area (Å²) in [6.07, 6.45) is 0.578. The van der Waals surface area contributed by atoms with Crippen LogP contribution in [0.2, 0.25) is 0 Å². The molecule has 0 aliphatic carbocycles. The first kappa shape index (κ1) is 21.2. The lowest BCUT2D eigenvalue weighted by Gasteiger charge is -2.29. The first-order valence-electron chi connectivity index (χ1n) is 9.13. The van der Waals surface area contributed by atoms with Gasteiger partial charge in [-0.1, -0.05) is 26.0 Å². The van der Waals surface area contributed by atoms with Gasteiger partial charge in [-0.2, -0.15) is 4.31 Å². The number of urea groups is 1. The number of nitrogens with zero attached hydrogens (tertiary/aromatic N) is 1. The van der Waals surface area contributed by atoms with Crippen molar-refractivity contribution in [1.29, 1.82) is 0 Å². The van der Waals surface area contributed by atoms with Gasteiger partial charge in [0.25, 0.3) is 0 Å². The van der Waals surface area contributed by atoms with E-state index in [1.807, 2.05) is 32.0 Å². The minimum atomic E-state index is -3.22. The number of hydrogen-bond donors (Lipinski definition) is 3. The van der Waals surface area contributed by atoms with E-state index < -0.39 is 22.0 Å². The van der Waals surface area contributed by atoms with Crippen molar-refractivity contribution in [3.05, 3.63) is 29.3 Å². The van der Waals surface area contributed by atoms with E-state index in [4.69, 9.17) is 0 Å². The summed E-state index contributed by atoms with van der Waals surface area (Å²) in [6, 6.07) is 5.08. The van der Waals surface area contributed by atoms with Crippen molar-refractivity contribution in [1.82, 2.24) is 14.9 Å². The summed E-state index contributed by atoms with van der Waals surface area (Å²) in [5, 5.41) is 7.96. The zero-order valence-corrected chi connectivity index (χ0v) is 16.9. The number of carbonyl (C=O) groups excluding carboxylic acids is 2. The highest BCUT2D eigenvalue weighted by molar-refractivity contribution is 7.89. The number of fused-ring (bicyclic) bond motifs is 1. The van der Waals surface area contributed by atoms with Crippen LogP contribution in [0.1, 0.15) is 31.9 Å². The van der Waals surface area contributed by atoms with E-state index in [-0.39, 0.29) is 12.3 Å². The zero-order valence-electron chi connectivity index (χ0n) is 16.0. The molecular weight excluding hydrogens is 368 g/mol. The van der Waals surface area contributed by atoms with Crippen LogP contribution in [-0.4, -0.2) is 50.0 Å². The summed E-state index contributed by atoms with van der Waals surface area (Å²) >= 11 is 0. The van der Waals surface area contributed by atoms with Gasteiger partial charge in [-0.25, -0.2) is 13.2 Å². The van der Waals surface area contributed by atoms with Crippen molar-refractivity contribution in [2.75, 3.05) is 30.7 Å². The molecular formula is C18H28N4O4S. The van der Waals surface area contributed by atoms with Gasteiger partial charge in [0.15, 0.2) is 0 Å². The average molecular weight is 397 g/mol. The Hall–Kier alpha value is -2.13. The molecule has 0 fully saturated rings. The van der Waals surface area contributed by atoms with E-state index in [1.54, 1.807) is 6.92 Å². The number of sulfonamides is 1. The maximum atomic E-state index is 12.1. The number of imide groups is 1. The van der Waals surface area contributed by atoms with Gasteiger partial charge in [0.1, 0.15) is 0 Å². The Labute approximate surface area is 160 Å². The summed E-state index contributed by atoms with van der Waals surface area (Å²) in [7, 11) is -3.22. The Balaban J connectivity index is 1.95. The summed E-state index contributed by atoms with van der Waals surface area (Å²) in [5.74, 6) is -0.0463. The van der Waals surface area contributed by atoms with E-state index in [1.165, 1.54) is 4.31 Å². The lowest BCUT2D eigenvalue weighted by Crippen LogP contribution is -2.43. The Morgan fingerprint density at radius 1 is 1.26 bits per heavy atom. The highest BCUT2D eigenvalue weighted by Crippen LogP contribution is 2.27. The number of carbonyl (C=O) groups is 2. The molecule has 0 radical (unpaired) electrons. The fourth-order valence-corrected chi connectivity index (χ4v) is 3.93. The lowest BCUT2D eigenvalue weighted by molar-refractivity contribution is -0.118. The van der Waals surface area contributed by atoms with Gasteiger partial charge in [-0.05, 0) is 36.5 Å². The van der Waals surface area contributed by atoms with Gasteiger partial charge >= 0.3 is 6.03 Å².